The second-order valence-corrected chi connectivity index (χ2v) is 5.14. The van der Waals surface area contributed by atoms with Gasteiger partial charge in [-0.2, -0.15) is 13.2 Å². The van der Waals surface area contributed by atoms with Crippen molar-refractivity contribution in [2.24, 2.45) is 0 Å². The van der Waals surface area contributed by atoms with Crippen LogP contribution in [-0.4, -0.2) is 41.3 Å². The third-order valence-corrected chi connectivity index (χ3v) is 3.80. The number of hydrogen-bond acceptors (Lipinski definition) is 2. The van der Waals surface area contributed by atoms with Crippen molar-refractivity contribution in [3.05, 3.63) is 0 Å². The van der Waals surface area contributed by atoms with Crippen LogP contribution >= 0.6 is 0 Å². The summed E-state index contributed by atoms with van der Waals surface area (Å²) in [5.74, 6) is -0.934. The van der Waals surface area contributed by atoms with Gasteiger partial charge >= 0.3 is 12.1 Å². The number of carboxylic acids is 1. The number of nitrogens with zero attached hydrogens (tertiary/aromatic N) is 1. The van der Waals surface area contributed by atoms with E-state index in [1.807, 2.05) is 0 Å². The summed E-state index contributed by atoms with van der Waals surface area (Å²) in [5.41, 5.74) is -0.588. The van der Waals surface area contributed by atoms with E-state index in [0.717, 1.165) is 19.3 Å². The molecule has 1 aliphatic carbocycles. The van der Waals surface area contributed by atoms with Gasteiger partial charge in [-0.15, -0.1) is 0 Å². The molecule has 0 aliphatic heterocycles. The van der Waals surface area contributed by atoms with Gasteiger partial charge in [0.25, 0.3) is 0 Å². The Kier molecular flexibility index (Phi) is 5.01. The molecule has 0 aromatic carbocycles. The lowest BCUT2D eigenvalue weighted by atomic mass is 9.78. The van der Waals surface area contributed by atoms with Crippen LogP contribution in [0.3, 0.4) is 0 Å². The largest absolute Gasteiger partial charge is 0.481 e. The van der Waals surface area contributed by atoms with Crippen molar-refractivity contribution < 1.29 is 23.1 Å². The highest BCUT2D eigenvalue weighted by Gasteiger charge is 2.39. The number of aliphatic carboxylic acids is 1. The van der Waals surface area contributed by atoms with Crippen LogP contribution in [0.4, 0.5) is 13.2 Å². The summed E-state index contributed by atoms with van der Waals surface area (Å²) < 4.78 is 36.7. The van der Waals surface area contributed by atoms with E-state index < -0.39 is 24.1 Å². The van der Waals surface area contributed by atoms with Crippen LogP contribution in [-0.2, 0) is 4.79 Å². The molecule has 0 spiro atoms. The van der Waals surface area contributed by atoms with Gasteiger partial charge in [-0.1, -0.05) is 19.3 Å². The average Bonchev–Trinajstić information content (AvgIpc) is 2.25. The van der Waals surface area contributed by atoms with E-state index in [4.69, 9.17) is 5.11 Å². The molecule has 106 valence electrons. The molecule has 0 bridgehead atoms. The highest BCUT2D eigenvalue weighted by atomic mass is 19.4. The Balaban J connectivity index is 2.66. The molecule has 0 radical (unpaired) electrons. The lowest BCUT2D eigenvalue weighted by Crippen LogP contribution is -2.50. The lowest BCUT2D eigenvalue weighted by Gasteiger charge is -2.44. The first-order chi connectivity index (χ1) is 8.25. The van der Waals surface area contributed by atoms with Crippen molar-refractivity contribution in [2.75, 3.05) is 13.6 Å². The van der Waals surface area contributed by atoms with Crippen LogP contribution in [0.2, 0.25) is 0 Å². The summed E-state index contributed by atoms with van der Waals surface area (Å²) in [4.78, 5) is 12.5. The van der Waals surface area contributed by atoms with E-state index in [-0.39, 0.29) is 13.0 Å². The van der Waals surface area contributed by atoms with Gasteiger partial charge in [-0.3, -0.25) is 9.69 Å². The maximum atomic E-state index is 12.2. The number of rotatable bonds is 5. The van der Waals surface area contributed by atoms with Crippen molar-refractivity contribution in [1.82, 2.24) is 4.90 Å². The Morgan fingerprint density at radius 1 is 1.28 bits per heavy atom. The summed E-state index contributed by atoms with van der Waals surface area (Å²) in [6, 6.07) is 0. The van der Waals surface area contributed by atoms with Gasteiger partial charge in [-0.25, -0.2) is 0 Å². The highest BCUT2D eigenvalue weighted by Crippen LogP contribution is 2.36. The molecule has 1 saturated carbocycles. The van der Waals surface area contributed by atoms with Crippen LogP contribution in [0, 0.1) is 0 Å². The zero-order chi connectivity index (χ0) is 13.8. The van der Waals surface area contributed by atoms with Gasteiger partial charge in [0, 0.05) is 12.1 Å². The summed E-state index contributed by atoms with van der Waals surface area (Å²) in [6.07, 6.45) is -0.970. The first-order valence-corrected chi connectivity index (χ1v) is 6.25. The van der Waals surface area contributed by atoms with Crippen LogP contribution in [0.25, 0.3) is 0 Å². The zero-order valence-electron chi connectivity index (χ0n) is 10.6. The molecule has 0 amide bonds. The van der Waals surface area contributed by atoms with Gasteiger partial charge in [0.1, 0.15) is 0 Å². The molecule has 0 atom stereocenters. The summed E-state index contributed by atoms with van der Waals surface area (Å²) in [5, 5.41) is 8.96. The van der Waals surface area contributed by atoms with E-state index in [1.165, 1.54) is 0 Å². The van der Waals surface area contributed by atoms with Gasteiger partial charge in [0.2, 0.25) is 0 Å². The van der Waals surface area contributed by atoms with E-state index in [2.05, 4.69) is 0 Å². The fourth-order valence-corrected chi connectivity index (χ4v) is 2.72. The number of carboxylic acid groups (broad SMARTS) is 1. The molecule has 1 N–H and O–H groups in total. The Bertz CT molecular complexity index is 286. The number of carbonyl (C=O) groups is 1. The predicted octanol–water partition coefficient (Wildman–Crippen LogP) is 3.05. The summed E-state index contributed by atoms with van der Waals surface area (Å²) >= 11 is 0. The molecule has 6 heteroatoms. The molecular weight excluding hydrogens is 247 g/mol. The van der Waals surface area contributed by atoms with E-state index >= 15 is 0 Å². The average molecular weight is 267 g/mol. The molecule has 0 aromatic rings. The minimum atomic E-state index is -4.19. The molecule has 1 fully saturated rings. The summed E-state index contributed by atoms with van der Waals surface area (Å²) in [7, 11) is 1.61. The molecule has 3 nitrogen and oxygen atoms in total. The van der Waals surface area contributed by atoms with Gasteiger partial charge in [0.15, 0.2) is 0 Å². The first kappa shape index (κ1) is 15.3. The molecule has 18 heavy (non-hydrogen) atoms. The normalized spacial score (nSPS) is 20.1. The Morgan fingerprint density at radius 2 is 1.83 bits per heavy atom. The standard InChI is InChI=1S/C12H20F3NO2/c1-16(8-7-12(13,14)15)11(9-10(17)18)5-3-2-4-6-11/h2-9H2,1H3,(H,17,18). The van der Waals surface area contributed by atoms with Crippen LogP contribution < -0.4 is 0 Å². The minimum Gasteiger partial charge on any atom is -0.481 e. The minimum absolute atomic E-state index is 0.0681. The maximum absolute atomic E-state index is 12.2. The molecule has 0 unspecified atom stereocenters. The van der Waals surface area contributed by atoms with Crippen LogP contribution in [0.5, 0.6) is 0 Å². The van der Waals surface area contributed by atoms with Gasteiger partial charge < -0.3 is 5.11 Å². The number of hydrogen-bond donors (Lipinski definition) is 1. The van der Waals surface area contributed by atoms with E-state index in [1.54, 1.807) is 11.9 Å². The maximum Gasteiger partial charge on any atom is 0.390 e. The molecular formula is C12H20F3NO2. The SMILES string of the molecule is CN(CCC(F)(F)F)C1(CC(=O)O)CCCCC1. The molecule has 0 heterocycles. The van der Waals surface area contributed by atoms with Crippen molar-refractivity contribution in [1.29, 1.82) is 0 Å². The van der Waals surface area contributed by atoms with Crippen LogP contribution in [0.1, 0.15) is 44.9 Å². The summed E-state index contributed by atoms with van der Waals surface area (Å²) in [6.45, 7) is -0.128. The van der Waals surface area contributed by atoms with Gasteiger partial charge in [0.05, 0.1) is 12.8 Å². The van der Waals surface area contributed by atoms with Crippen molar-refractivity contribution in [2.45, 2.75) is 56.7 Å². The molecule has 0 saturated heterocycles. The van der Waals surface area contributed by atoms with Gasteiger partial charge in [-0.05, 0) is 19.9 Å². The third kappa shape index (κ3) is 4.48. The Labute approximate surface area is 105 Å². The lowest BCUT2D eigenvalue weighted by molar-refractivity contribution is -0.146. The Hall–Kier alpha value is -0.780. The van der Waals surface area contributed by atoms with Crippen molar-refractivity contribution >= 4 is 5.97 Å². The number of alkyl halides is 3. The third-order valence-electron chi connectivity index (χ3n) is 3.80. The second-order valence-electron chi connectivity index (χ2n) is 5.14. The van der Waals surface area contributed by atoms with Crippen molar-refractivity contribution in [3.8, 4) is 0 Å². The number of halogens is 3. The fourth-order valence-electron chi connectivity index (χ4n) is 2.72. The predicted molar refractivity (Wildman–Crippen MR) is 61.4 cm³/mol. The quantitative estimate of drug-likeness (QED) is 0.832. The molecule has 1 rings (SSSR count). The van der Waals surface area contributed by atoms with Crippen molar-refractivity contribution in [3.63, 3.8) is 0 Å². The smallest absolute Gasteiger partial charge is 0.390 e. The van der Waals surface area contributed by atoms with E-state index in [9.17, 15) is 18.0 Å². The monoisotopic (exact) mass is 267 g/mol. The highest BCUT2D eigenvalue weighted by molar-refractivity contribution is 5.68. The topological polar surface area (TPSA) is 40.5 Å². The zero-order valence-corrected chi connectivity index (χ0v) is 10.6. The van der Waals surface area contributed by atoms with Crippen LogP contribution in [0.15, 0.2) is 0 Å². The fraction of sp³-hybridized carbons (Fsp3) is 0.917. The molecule has 1 aliphatic rings. The first-order valence-electron chi connectivity index (χ1n) is 6.25. The van der Waals surface area contributed by atoms with E-state index in [0.29, 0.717) is 12.8 Å². The Morgan fingerprint density at radius 3 is 2.28 bits per heavy atom. The molecule has 0 aromatic heterocycles. The second kappa shape index (κ2) is 5.91.